The Balaban J connectivity index is 2.59. The highest BCUT2D eigenvalue weighted by Crippen LogP contribution is 2.21. The number of halogens is 1. The minimum absolute atomic E-state index is 0.0442. The topological polar surface area (TPSA) is 43.4 Å². The van der Waals surface area contributed by atoms with Gasteiger partial charge in [-0.25, -0.2) is 8.42 Å². The number of hydrogen-bond acceptors (Lipinski definition) is 3. The molecule has 0 atom stereocenters. The maximum Gasteiger partial charge on any atom is 0.150 e. The fourth-order valence-corrected chi connectivity index (χ4v) is 1.94. The predicted octanol–water partition coefficient (Wildman–Crippen LogP) is 2.18. The van der Waals surface area contributed by atoms with Crippen LogP contribution in [0.3, 0.4) is 0 Å². The number of rotatable bonds is 4. The SMILES string of the molecule is Cc1cc(Br)ccc1OCCS(C)(=O)=O. The van der Waals surface area contributed by atoms with Crippen LogP contribution in [-0.4, -0.2) is 27.0 Å². The van der Waals surface area contributed by atoms with Crippen molar-refractivity contribution in [3.63, 3.8) is 0 Å². The van der Waals surface area contributed by atoms with Gasteiger partial charge in [-0.3, -0.25) is 0 Å². The maximum absolute atomic E-state index is 10.9. The maximum atomic E-state index is 10.9. The van der Waals surface area contributed by atoms with Gasteiger partial charge in [0.1, 0.15) is 12.4 Å². The van der Waals surface area contributed by atoms with Gasteiger partial charge in [0.2, 0.25) is 0 Å². The molecular weight excluding hydrogens is 280 g/mol. The normalized spacial score (nSPS) is 11.4. The number of ether oxygens (including phenoxy) is 1. The summed E-state index contributed by atoms with van der Waals surface area (Å²) < 4.78 is 28.1. The first-order valence-corrected chi connectivity index (χ1v) is 7.30. The van der Waals surface area contributed by atoms with Crippen molar-refractivity contribution in [2.75, 3.05) is 18.6 Å². The third-order valence-corrected chi connectivity index (χ3v) is 3.25. The third kappa shape index (κ3) is 4.66. The Morgan fingerprint density at radius 2 is 2.07 bits per heavy atom. The second-order valence-corrected chi connectivity index (χ2v) is 6.56. The van der Waals surface area contributed by atoms with Gasteiger partial charge in [-0.1, -0.05) is 15.9 Å². The smallest absolute Gasteiger partial charge is 0.150 e. The van der Waals surface area contributed by atoms with Crippen molar-refractivity contribution >= 4 is 25.8 Å². The van der Waals surface area contributed by atoms with Gasteiger partial charge in [0.25, 0.3) is 0 Å². The van der Waals surface area contributed by atoms with Crippen LogP contribution in [0.15, 0.2) is 22.7 Å². The summed E-state index contributed by atoms with van der Waals surface area (Å²) in [5.74, 6) is 0.768. The molecule has 0 heterocycles. The van der Waals surface area contributed by atoms with E-state index in [0.29, 0.717) is 0 Å². The molecule has 1 aromatic carbocycles. The molecule has 0 aliphatic heterocycles. The summed E-state index contributed by atoms with van der Waals surface area (Å²) in [4.78, 5) is 0. The predicted molar refractivity (Wildman–Crippen MR) is 64.1 cm³/mol. The molecule has 0 aromatic heterocycles. The first-order chi connectivity index (χ1) is 6.88. The van der Waals surface area contributed by atoms with Crippen molar-refractivity contribution < 1.29 is 13.2 Å². The molecule has 3 nitrogen and oxygen atoms in total. The van der Waals surface area contributed by atoms with Gasteiger partial charge >= 0.3 is 0 Å². The molecule has 0 spiro atoms. The monoisotopic (exact) mass is 292 g/mol. The van der Waals surface area contributed by atoms with Crippen molar-refractivity contribution in [2.24, 2.45) is 0 Å². The number of sulfone groups is 1. The first kappa shape index (κ1) is 12.5. The van der Waals surface area contributed by atoms with Crippen LogP contribution in [0.1, 0.15) is 5.56 Å². The summed E-state index contributed by atoms with van der Waals surface area (Å²) in [6, 6.07) is 5.61. The van der Waals surface area contributed by atoms with Crippen LogP contribution in [0.2, 0.25) is 0 Å². The van der Waals surface area contributed by atoms with E-state index >= 15 is 0 Å². The second kappa shape index (κ2) is 4.99. The van der Waals surface area contributed by atoms with E-state index < -0.39 is 9.84 Å². The van der Waals surface area contributed by atoms with Crippen LogP contribution in [0, 0.1) is 6.92 Å². The Labute approximate surface area is 98.5 Å². The summed E-state index contributed by atoms with van der Waals surface area (Å²) in [6.45, 7) is 2.11. The van der Waals surface area contributed by atoms with Crippen LogP contribution in [0.5, 0.6) is 5.75 Å². The molecular formula is C10H13BrO3S. The first-order valence-electron chi connectivity index (χ1n) is 4.45. The number of benzene rings is 1. The summed E-state index contributed by atoms with van der Waals surface area (Å²) in [7, 11) is -2.95. The molecule has 0 fully saturated rings. The zero-order valence-corrected chi connectivity index (χ0v) is 11.1. The van der Waals surface area contributed by atoms with E-state index in [9.17, 15) is 8.42 Å². The summed E-state index contributed by atoms with van der Waals surface area (Å²) in [6.07, 6.45) is 1.20. The van der Waals surface area contributed by atoms with Gasteiger partial charge in [-0.2, -0.15) is 0 Å². The Bertz CT molecular complexity index is 440. The summed E-state index contributed by atoms with van der Waals surface area (Å²) in [5, 5.41) is 0. The van der Waals surface area contributed by atoms with Gasteiger partial charge in [0.05, 0.1) is 5.75 Å². The van der Waals surface area contributed by atoms with Gasteiger partial charge in [0.15, 0.2) is 9.84 Å². The number of hydrogen-bond donors (Lipinski definition) is 0. The Morgan fingerprint density at radius 3 is 2.60 bits per heavy atom. The highest BCUT2D eigenvalue weighted by atomic mass is 79.9. The van der Waals surface area contributed by atoms with Crippen molar-refractivity contribution in [3.8, 4) is 5.75 Å². The van der Waals surface area contributed by atoms with E-state index in [1.165, 1.54) is 6.26 Å². The minimum Gasteiger partial charge on any atom is -0.492 e. The van der Waals surface area contributed by atoms with E-state index in [1.54, 1.807) is 0 Å². The van der Waals surface area contributed by atoms with Crippen LogP contribution in [-0.2, 0) is 9.84 Å². The lowest BCUT2D eigenvalue weighted by Gasteiger charge is -2.08. The van der Waals surface area contributed by atoms with Crippen LogP contribution in [0.4, 0.5) is 0 Å². The molecule has 1 rings (SSSR count). The zero-order chi connectivity index (χ0) is 11.5. The van der Waals surface area contributed by atoms with E-state index in [4.69, 9.17) is 4.74 Å². The highest BCUT2D eigenvalue weighted by molar-refractivity contribution is 9.10. The number of aryl methyl sites for hydroxylation is 1. The van der Waals surface area contributed by atoms with Gasteiger partial charge < -0.3 is 4.74 Å². The molecule has 0 aliphatic rings. The molecule has 1 aromatic rings. The Morgan fingerprint density at radius 1 is 1.40 bits per heavy atom. The minimum atomic E-state index is -2.95. The molecule has 0 amide bonds. The molecule has 5 heteroatoms. The molecule has 0 saturated heterocycles. The molecule has 0 saturated carbocycles. The zero-order valence-electron chi connectivity index (χ0n) is 8.66. The van der Waals surface area contributed by atoms with Crippen molar-refractivity contribution in [1.29, 1.82) is 0 Å². The van der Waals surface area contributed by atoms with Crippen LogP contribution < -0.4 is 4.74 Å². The molecule has 84 valence electrons. The molecule has 0 N–H and O–H groups in total. The lowest BCUT2D eigenvalue weighted by atomic mass is 10.2. The van der Waals surface area contributed by atoms with Gasteiger partial charge in [-0.05, 0) is 30.7 Å². The lowest BCUT2D eigenvalue weighted by Crippen LogP contribution is -2.12. The van der Waals surface area contributed by atoms with E-state index in [-0.39, 0.29) is 12.4 Å². The Hall–Kier alpha value is -0.550. The quantitative estimate of drug-likeness (QED) is 0.854. The van der Waals surface area contributed by atoms with Crippen molar-refractivity contribution in [3.05, 3.63) is 28.2 Å². The standard InChI is InChI=1S/C10H13BrO3S/c1-8-7-9(11)3-4-10(8)14-5-6-15(2,12)13/h3-4,7H,5-6H2,1-2H3. The molecule has 0 bridgehead atoms. The molecule has 15 heavy (non-hydrogen) atoms. The average molecular weight is 293 g/mol. The van der Waals surface area contributed by atoms with E-state index in [0.717, 1.165) is 15.8 Å². The summed E-state index contributed by atoms with van der Waals surface area (Å²) in [5.41, 5.74) is 0.984. The van der Waals surface area contributed by atoms with Gasteiger partial charge in [0, 0.05) is 10.7 Å². The van der Waals surface area contributed by atoms with E-state index in [1.807, 2.05) is 25.1 Å². The second-order valence-electron chi connectivity index (χ2n) is 3.39. The third-order valence-electron chi connectivity index (χ3n) is 1.85. The molecule has 0 aliphatic carbocycles. The highest BCUT2D eigenvalue weighted by Gasteiger charge is 2.04. The molecule has 0 unspecified atom stereocenters. The van der Waals surface area contributed by atoms with Crippen molar-refractivity contribution in [1.82, 2.24) is 0 Å². The average Bonchev–Trinajstić information content (AvgIpc) is 2.07. The van der Waals surface area contributed by atoms with E-state index in [2.05, 4.69) is 15.9 Å². The van der Waals surface area contributed by atoms with Crippen molar-refractivity contribution in [2.45, 2.75) is 6.92 Å². The van der Waals surface area contributed by atoms with Crippen LogP contribution in [0.25, 0.3) is 0 Å². The van der Waals surface area contributed by atoms with Gasteiger partial charge in [-0.15, -0.1) is 0 Å². The Kier molecular flexibility index (Phi) is 4.16. The lowest BCUT2D eigenvalue weighted by molar-refractivity contribution is 0.338. The van der Waals surface area contributed by atoms with Crippen LogP contribution >= 0.6 is 15.9 Å². The largest absolute Gasteiger partial charge is 0.492 e. The molecule has 0 radical (unpaired) electrons. The fourth-order valence-electron chi connectivity index (χ4n) is 1.08. The fraction of sp³-hybridized carbons (Fsp3) is 0.400. The summed E-state index contributed by atoms with van der Waals surface area (Å²) >= 11 is 3.34.